The van der Waals surface area contributed by atoms with Crippen molar-refractivity contribution >= 4 is 11.9 Å². The molecule has 0 aliphatic heterocycles. The van der Waals surface area contributed by atoms with Crippen LogP contribution in [-0.4, -0.2) is 26.8 Å². The van der Waals surface area contributed by atoms with E-state index >= 15 is 0 Å². The molecule has 7 nitrogen and oxygen atoms in total. The number of amides is 1. The van der Waals surface area contributed by atoms with Gasteiger partial charge in [-0.2, -0.15) is 5.10 Å². The molecule has 1 amide bonds. The van der Waals surface area contributed by atoms with E-state index < -0.39 is 5.97 Å². The molecule has 2 heterocycles. The maximum atomic E-state index is 12.3. The number of nitrogens with one attached hydrogen (secondary N) is 1. The van der Waals surface area contributed by atoms with Crippen LogP contribution in [0.2, 0.25) is 0 Å². The second kappa shape index (κ2) is 7.49. The van der Waals surface area contributed by atoms with Crippen LogP contribution in [0.3, 0.4) is 0 Å². The Labute approximate surface area is 156 Å². The molecular formula is C20H21N3O4. The number of benzene rings is 1. The van der Waals surface area contributed by atoms with E-state index in [-0.39, 0.29) is 18.0 Å². The SMILES string of the molecule is Cc1cc(C)n(Cc2ccc(C(=O)NCc3cc(C(=O)O)c(C)o3)cc2)n1. The van der Waals surface area contributed by atoms with Crippen molar-refractivity contribution in [3.05, 3.63) is 76.0 Å². The van der Waals surface area contributed by atoms with Crippen molar-refractivity contribution in [2.45, 2.75) is 33.9 Å². The molecule has 0 bridgehead atoms. The van der Waals surface area contributed by atoms with Gasteiger partial charge < -0.3 is 14.8 Å². The van der Waals surface area contributed by atoms with Crippen LogP contribution < -0.4 is 5.32 Å². The molecule has 0 saturated heterocycles. The van der Waals surface area contributed by atoms with Crippen LogP contribution in [-0.2, 0) is 13.1 Å². The molecule has 0 saturated carbocycles. The van der Waals surface area contributed by atoms with Crippen molar-refractivity contribution in [3.8, 4) is 0 Å². The first kappa shape index (κ1) is 18.4. The lowest BCUT2D eigenvalue weighted by molar-refractivity contribution is 0.0694. The molecule has 0 spiro atoms. The number of aromatic nitrogens is 2. The van der Waals surface area contributed by atoms with E-state index in [2.05, 4.69) is 10.4 Å². The van der Waals surface area contributed by atoms with E-state index in [1.165, 1.54) is 6.07 Å². The van der Waals surface area contributed by atoms with Crippen molar-refractivity contribution in [2.24, 2.45) is 0 Å². The summed E-state index contributed by atoms with van der Waals surface area (Å²) in [6.07, 6.45) is 0. The normalized spacial score (nSPS) is 10.8. The lowest BCUT2D eigenvalue weighted by atomic mass is 10.1. The highest BCUT2D eigenvalue weighted by Crippen LogP contribution is 2.15. The summed E-state index contributed by atoms with van der Waals surface area (Å²) in [5.41, 5.74) is 3.73. The van der Waals surface area contributed by atoms with Gasteiger partial charge in [0.2, 0.25) is 0 Å². The number of furan rings is 1. The summed E-state index contributed by atoms with van der Waals surface area (Å²) in [5.74, 6) is -0.578. The summed E-state index contributed by atoms with van der Waals surface area (Å²) in [7, 11) is 0. The molecule has 3 aromatic rings. The molecule has 0 aliphatic rings. The summed E-state index contributed by atoms with van der Waals surface area (Å²) in [5, 5.41) is 16.2. The number of carboxylic acid groups (broad SMARTS) is 1. The molecule has 0 atom stereocenters. The molecule has 2 aromatic heterocycles. The van der Waals surface area contributed by atoms with Crippen LogP contribution in [0.5, 0.6) is 0 Å². The first-order valence-corrected chi connectivity index (χ1v) is 8.54. The molecule has 1 aromatic carbocycles. The summed E-state index contributed by atoms with van der Waals surface area (Å²) in [6.45, 7) is 6.31. The molecule has 0 aliphatic carbocycles. The zero-order chi connectivity index (χ0) is 19.6. The van der Waals surface area contributed by atoms with E-state index in [1.54, 1.807) is 19.1 Å². The second-order valence-corrected chi connectivity index (χ2v) is 6.45. The largest absolute Gasteiger partial charge is 0.478 e. The lowest BCUT2D eigenvalue weighted by Gasteiger charge is -2.07. The minimum atomic E-state index is -1.05. The van der Waals surface area contributed by atoms with Crippen molar-refractivity contribution in [1.29, 1.82) is 0 Å². The van der Waals surface area contributed by atoms with Crippen LogP contribution in [0.1, 0.15) is 49.2 Å². The van der Waals surface area contributed by atoms with Gasteiger partial charge in [0, 0.05) is 11.3 Å². The fourth-order valence-corrected chi connectivity index (χ4v) is 2.88. The molecule has 0 radical (unpaired) electrons. The maximum absolute atomic E-state index is 12.3. The number of aryl methyl sites for hydroxylation is 3. The highest BCUT2D eigenvalue weighted by molar-refractivity contribution is 5.94. The molecule has 0 fully saturated rings. The number of carbonyl (C=O) groups is 2. The Morgan fingerprint density at radius 2 is 1.85 bits per heavy atom. The van der Waals surface area contributed by atoms with Gasteiger partial charge in [-0.05, 0) is 50.6 Å². The van der Waals surface area contributed by atoms with Crippen molar-refractivity contribution in [1.82, 2.24) is 15.1 Å². The molecule has 140 valence electrons. The quantitative estimate of drug-likeness (QED) is 0.698. The predicted octanol–water partition coefficient (Wildman–Crippen LogP) is 3.08. The van der Waals surface area contributed by atoms with Gasteiger partial charge in [-0.15, -0.1) is 0 Å². The average molecular weight is 367 g/mol. The molecule has 0 unspecified atom stereocenters. The van der Waals surface area contributed by atoms with Crippen molar-refractivity contribution in [3.63, 3.8) is 0 Å². The third kappa shape index (κ3) is 4.25. The molecule has 27 heavy (non-hydrogen) atoms. The van der Waals surface area contributed by atoms with Crippen LogP contribution in [0.15, 0.2) is 40.8 Å². The topological polar surface area (TPSA) is 97.4 Å². The number of rotatable bonds is 6. The Morgan fingerprint density at radius 3 is 2.41 bits per heavy atom. The fourth-order valence-electron chi connectivity index (χ4n) is 2.88. The van der Waals surface area contributed by atoms with Gasteiger partial charge in [0.25, 0.3) is 5.91 Å². The number of carboxylic acids is 1. The van der Waals surface area contributed by atoms with Crippen LogP contribution >= 0.6 is 0 Å². The first-order chi connectivity index (χ1) is 12.8. The average Bonchev–Trinajstić information content (AvgIpc) is 3.15. The monoisotopic (exact) mass is 367 g/mol. The molecular weight excluding hydrogens is 346 g/mol. The lowest BCUT2D eigenvalue weighted by Crippen LogP contribution is -2.22. The number of hydrogen-bond donors (Lipinski definition) is 2. The fraction of sp³-hybridized carbons (Fsp3) is 0.250. The minimum absolute atomic E-state index is 0.104. The van der Waals surface area contributed by atoms with Crippen LogP contribution in [0, 0.1) is 20.8 Å². The molecule has 3 rings (SSSR count). The Kier molecular flexibility index (Phi) is 5.12. The van der Waals surface area contributed by atoms with Gasteiger partial charge in [0.15, 0.2) is 0 Å². The van der Waals surface area contributed by atoms with Gasteiger partial charge in [-0.3, -0.25) is 9.48 Å². The summed E-state index contributed by atoms with van der Waals surface area (Å²) < 4.78 is 7.28. The van der Waals surface area contributed by atoms with Gasteiger partial charge in [0.1, 0.15) is 17.1 Å². The standard InChI is InChI=1S/C20H21N3O4/c1-12-8-13(2)23(22-12)11-15-4-6-16(7-5-15)19(24)21-10-17-9-18(20(25)26)14(3)27-17/h4-9H,10-11H2,1-3H3,(H,21,24)(H,25,26). The Morgan fingerprint density at radius 1 is 1.15 bits per heavy atom. The second-order valence-electron chi connectivity index (χ2n) is 6.45. The first-order valence-electron chi connectivity index (χ1n) is 8.54. The third-order valence-electron chi connectivity index (χ3n) is 4.27. The Hall–Kier alpha value is -3.35. The maximum Gasteiger partial charge on any atom is 0.339 e. The highest BCUT2D eigenvalue weighted by atomic mass is 16.4. The zero-order valence-electron chi connectivity index (χ0n) is 15.4. The van der Waals surface area contributed by atoms with Crippen LogP contribution in [0.25, 0.3) is 0 Å². The smallest absolute Gasteiger partial charge is 0.339 e. The van der Waals surface area contributed by atoms with Gasteiger partial charge in [0.05, 0.1) is 18.8 Å². The van der Waals surface area contributed by atoms with E-state index in [4.69, 9.17) is 9.52 Å². The Balaban J connectivity index is 1.61. The molecule has 2 N–H and O–H groups in total. The van der Waals surface area contributed by atoms with E-state index in [0.29, 0.717) is 23.6 Å². The van der Waals surface area contributed by atoms with E-state index in [1.807, 2.05) is 36.7 Å². The predicted molar refractivity (Wildman–Crippen MR) is 98.8 cm³/mol. The summed E-state index contributed by atoms with van der Waals surface area (Å²) >= 11 is 0. The summed E-state index contributed by atoms with van der Waals surface area (Å²) in [6, 6.07) is 10.7. The number of carbonyl (C=O) groups excluding carboxylic acids is 1. The van der Waals surface area contributed by atoms with E-state index in [9.17, 15) is 9.59 Å². The molecule has 7 heteroatoms. The number of aromatic carboxylic acids is 1. The number of hydrogen-bond acceptors (Lipinski definition) is 4. The summed E-state index contributed by atoms with van der Waals surface area (Å²) in [4.78, 5) is 23.3. The van der Waals surface area contributed by atoms with E-state index in [0.717, 1.165) is 17.0 Å². The minimum Gasteiger partial charge on any atom is -0.478 e. The van der Waals surface area contributed by atoms with Crippen molar-refractivity contribution < 1.29 is 19.1 Å². The van der Waals surface area contributed by atoms with Gasteiger partial charge >= 0.3 is 5.97 Å². The van der Waals surface area contributed by atoms with Gasteiger partial charge in [-0.25, -0.2) is 4.79 Å². The number of nitrogens with zero attached hydrogens (tertiary/aromatic N) is 2. The van der Waals surface area contributed by atoms with Crippen LogP contribution in [0.4, 0.5) is 0 Å². The highest BCUT2D eigenvalue weighted by Gasteiger charge is 2.14. The Bertz CT molecular complexity index is 983. The van der Waals surface area contributed by atoms with Crippen molar-refractivity contribution in [2.75, 3.05) is 0 Å². The third-order valence-corrected chi connectivity index (χ3v) is 4.27. The zero-order valence-corrected chi connectivity index (χ0v) is 15.4. The van der Waals surface area contributed by atoms with Gasteiger partial charge in [-0.1, -0.05) is 12.1 Å².